The summed E-state index contributed by atoms with van der Waals surface area (Å²) in [7, 11) is 5.47. The van der Waals surface area contributed by atoms with Crippen molar-refractivity contribution in [3.63, 3.8) is 0 Å². The van der Waals surface area contributed by atoms with Gasteiger partial charge in [-0.1, -0.05) is 0 Å². The van der Waals surface area contributed by atoms with E-state index >= 15 is 0 Å². The van der Waals surface area contributed by atoms with Gasteiger partial charge in [0.2, 0.25) is 0 Å². The van der Waals surface area contributed by atoms with Crippen LogP contribution in [0.4, 0.5) is 0 Å². The van der Waals surface area contributed by atoms with Crippen LogP contribution in [-0.2, 0) is 6.42 Å². The van der Waals surface area contributed by atoms with Crippen LogP contribution < -0.4 is 4.74 Å². The number of carbonyl (C=O) groups excluding carboxylic acids is 1. The Bertz CT molecular complexity index is 461. The van der Waals surface area contributed by atoms with E-state index in [1.165, 1.54) is 0 Å². The summed E-state index contributed by atoms with van der Waals surface area (Å²) in [6.07, 6.45) is 2.58. The van der Waals surface area contributed by atoms with E-state index in [0.717, 1.165) is 22.4 Å². The Morgan fingerprint density at radius 1 is 1.38 bits per heavy atom. The largest absolute Gasteiger partial charge is 0.497 e. The molecular formula is C13H15NO2. The van der Waals surface area contributed by atoms with Crippen LogP contribution in [0.1, 0.15) is 15.9 Å². The Morgan fingerprint density at radius 2 is 2.12 bits per heavy atom. The third kappa shape index (κ3) is 1.81. The Balaban J connectivity index is 2.38. The van der Waals surface area contributed by atoms with E-state index in [1.54, 1.807) is 7.11 Å². The van der Waals surface area contributed by atoms with Gasteiger partial charge in [0.05, 0.1) is 7.11 Å². The van der Waals surface area contributed by atoms with Crippen molar-refractivity contribution in [1.82, 2.24) is 4.90 Å². The first kappa shape index (κ1) is 10.7. The topological polar surface area (TPSA) is 29.5 Å². The summed E-state index contributed by atoms with van der Waals surface area (Å²) in [5.41, 5.74) is 2.69. The standard InChI is InChI=1S/C13H15NO2/c1-14(2)8-10-6-9-7-11(16-3)4-5-12(9)13(10)15/h4-5,7-8H,6H2,1-3H3/b10-8-. The van der Waals surface area contributed by atoms with Gasteiger partial charge in [0.1, 0.15) is 5.75 Å². The van der Waals surface area contributed by atoms with Gasteiger partial charge < -0.3 is 9.64 Å². The minimum Gasteiger partial charge on any atom is -0.497 e. The van der Waals surface area contributed by atoms with Crippen molar-refractivity contribution in [1.29, 1.82) is 0 Å². The highest BCUT2D eigenvalue weighted by atomic mass is 16.5. The molecule has 0 bridgehead atoms. The number of benzene rings is 1. The molecule has 0 N–H and O–H groups in total. The molecule has 0 heterocycles. The van der Waals surface area contributed by atoms with Crippen molar-refractivity contribution in [2.24, 2.45) is 0 Å². The molecule has 0 unspecified atom stereocenters. The summed E-state index contributed by atoms with van der Waals surface area (Å²) in [5.74, 6) is 0.934. The van der Waals surface area contributed by atoms with Crippen molar-refractivity contribution >= 4 is 5.78 Å². The molecule has 0 fully saturated rings. The molecule has 84 valence electrons. The number of Topliss-reactive ketones (excluding diaryl/α,β-unsaturated/α-hetero) is 1. The summed E-state index contributed by atoms with van der Waals surface area (Å²) in [6, 6.07) is 5.60. The molecule has 0 spiro atoms. The van der Waals surface area contributed by atoms with Gasteiger partial charge in [0.25, 0.3) is 0 Å². The van der Waals surface area contributed by atoms with E-state index in [1.807, 2.05) is 43.4 Å². The van der Waals surface area contributed by atoms with E-state index in [-0.39, 0.29) is 5.78 Å². The number of ketones is 1. The second kappa shape index (κ2) is 4.00. The summed E-state index contributed by atoms with van der Waals surface area (Å²) in [6.45, 7) is 0. The second-order valence-corrected chi connectivity index (χ2v) is 4.15. The van der Waals surface area contributed by atoms with Crippen LogP contribution >= 0.6 is 0 Å². The molecule has 0 saturated carbocycles. The maximum absolute atomic E-state index is 12.0. The zero-order valence-corrected chi connectivity index (χ0v) is 9.78. The molecule has 3 nitrogen and oxygen atoms in total. The number of allylic oxidation sites excluding steroid dienone is 1. The van der Waals surface area contributed by atoms with Gasteiger partial charge in [-0.2, -0.15) is 0 Å². The maximum Gasteiger partial charge on any atom is 0.191 e. The molecule has 1 aromatic carbocycles. The number of fused-ring (bicyclic) bond motifs is 1. The maximum atomic E-state index is 12.0. The third-order valence-corrected chi connectivity index (χ3v) is 2.64. The van der Waals surface area contributed by atoms with Crippen LogP contribution in [0, 0.1) is 0 Å². The molecule has 1 aromatic rings. The van der Waals surface area contributed by atoms with Crippen LogP contribution in [0.5, 0.6) is 5.75 Å². The molecule has 1 aliphatic carbocycles. The Kier molecular flexibility index (Phi) is 2.69. The molecule has 0 aliphatic heterocycles. The molecule has 0 aromatic heterocycles. The fourth-order valence-corrected chi connectivity index (χ4v) is 1.94. The van der Waals surface area contributed by atoms with Crippen molar-refractivity contribution in [3.8, 4) is 5.75 Å². The third-order valence-electron chi connectivity index (χ3n) is 2.64. The highest BCUT2D eigenvalue weighted by molar-refractivity contribution is 6.13. The van der Waals surface area contributed by atoms with Crippen LogP contribution in [-0.4, -0.2) is 31.9 Å². The van der Waals surface area contributed by atoms with Crippen molar-refractivity contribution in [3.05, 3.63) is 41.1 Å². The summed E-state index contributed by atoms with van der Waals surface area (Å²) >= 11 is 0. The molecule has 0 radical (unpaired) electrons. The molecule has 3 heteroatoms. The van der Waals surface area contributed by atoms with Crippen LogP contribution in [0.2, 0.25) is 0 Å². The molecular weight excluding hydrogens is 202 g/mol. The average Bonchev–Trinajstić information content (AvgIpc) is 2.54. The van der Waals surface area contributed by atoms with Gasteiger partial charge in [-0.25, -0.2) is 0 Å². The number of hydrogen-bond acceptors (Lipinski definition) is 3. The first-order valence-corrected chi connectivity index (χ1v) is 5.20. The first-order chi connectivity index (χ1) is 7.61. The zero-order chi connectivity index (χ0) is 11.7. The van der Waals surface area contributed by atoms with Gasteiger partial charge >= 0.3 is 0 Å². The highest BCUT2D eigenvalue weighted by Gasteiger charge is 2.25. The zero-order valence-electron chi connectivity index (χ0n) is 9.78. The van der Waals surface area contributed by atoms with Gasteiger partial charge in [0, 0.05) is 37.9 Å². The lowest BCUT2D eigenvalue weighted by atomic mass is 10.1. The van der Waals surface area contributed by atoms with Crippen LogP contribution in [0.3, 0.4) is 0 Å². The predicted molar refractivity (Wildman–Crippen MR) is 62.8 cm³/mol. The molecule has 2 rings (SSSR count). The van der Waals surface area contributed by atoms with E-state index in [2.05, 4.69) is 0 Å². The number of nitrogens with zero attached hydrogens (tertiary/aromatic N) is 1. The average molecular weight is 217 g/mol. The lowest BCUT2D eigenvalue weighted by molar-refractivity contribution is 0.103. The molecule has 1 aliphatic rings. The lowest BCUT2D eigenvalue weighted by Crippen LogP contribution is -2.06. The van der Waals surface area contributed by atoms with Gasteiger partial charge in [-0.15, -0.1) is 0 Å². The number of rotatable bonds is 2. The minimum absolute atomic E-state index is 0.131. The Labute approximate surface area is 95.3 Å². The highest BCUT2D eigenvalue weighted by Crippen LogP contribution is 2.29. The van der Waals surface area contributed by atoms with E-state index in [9.17, 15) is 4.79 Å². The van der Waals surface area contributed by atoms with Gasteiger partial charge in [0.15, 0.2) is 5.78 Å². The van der Waals surface area contributed by atoms with Gasteiger partial charge in [-0.05, 0) is 23.8 Å². The lowest BCUT2D eigenvalue weighted by Gasteiger charge is -2.05. The minimum atomic E-state index is 0.131. The predicted octanol–water partition coefficient (Wildman–Crippen LogP) is 1.88. The number of methoxy groups -OCH3 is 1. The molecule has 0 amide bonds. The van der Waals surface area contributed by atoms with E-state index in [4.69, 9.17) is 4.74 Å². The first-order valence-electron chi connectivity index (χ1n) is 5.20. The van der Waals surface area contributed by atoms with Gasteiger partial charge in [-0.3, -0.25) is 4.79 Å². The SMILES string of the molecule is COc1ccc2c(c1)C/C(=C/N(C)C)C2=O. The normalized spacial score (nSPS) is 16.4. The summed E-state index contributed by atoms with van der Waals surface area (Å²) in [4.78, 5) is 13.9. The fourth-order valence-electron chi connectivity index (χ4n) is 1.94. The number of carbonyl (C=O) groups is 1. The number of ether oxygens (including phenoxy) is 1. The quantitative estimate of drug-likeness (QED) is 0.708. The van der Waals surface area contributed by atoms with Crippen LogP contribution in [0.15, 0.2) is 30.0 Å². The summed E-state index contributed by atoms with van der Waals surface area (Å²) < 4.78 is 5.15. The van der Waals surface area contributed by atoms with Crippen molar-refractivity contribution in [2.75, 3.05) is 21.2 Å². The smallest absolute Gasteiger partial charge is 0.191 e. The Morgan fingerprint density at radius 3 is 2.75 bits per heavy atom. The molecule has 16 heavy (non-hydrogen) atoms. The second-order valence-electron chi connectivity index (χ2n) is 4.15. The van der Waals surface area contributed by atoms with Crippen molar-refractivity contribution in [2.45, 2.75) is 6.42 Å². The van der Waals surface area contributed by atoms with Crippen LogP contribution in [0.25, 0.3) is 0 Å². The fraction of sp³-hybridized carbons (Fsp3) is 0.308. The molecule has 0 saturated heterocycles. The van der Waals surface area contributed by atoms with Crippen molar-refractivity contribution < 1.29 is 9.53 Å². The Hall–Kier alpha value is -1.77. The van der Waals surface area contributed by atoms with E-state index in [0.29, 0.717) is 6.42 Å². The van der Waals surface area contributed by atoms with E-state index < -0.39 is 0 Å². The number of hydrogen-bond donors (Lipinski definition) is 0. The molecule has 0 atom stereocenters. The summed E-state index contributed by atoms with van der Waals surface area (Å²) in [5, 5.41) is 0. The monoisotopic (exact) mass is 217 g/mol.